The van der Waals surface area contributed by atoms with Crippen molar-refractivity contribution in [1.82, 2.24) is 0 Å². The molecule has 0 aliphatic heterocycles. The summed E-state index contributed by atoms with van der Waals surface area (Å²) < 4.78 is 0. The predicted octanol–water partition coefficient (Wildman–Crippen LogP) is 4.18. The highest BCUT2D eigenvalue weighted by atomic mass is 79.9. The maximum absolute atomic E-state index is 11.1. The SMILES string of the molecule is O=[N+]([O-])c1ccc(CC(Br)c2ccccc2)c([N+](=O)[O-])c1. The van der Waals surface area contributed by atoms with Crippen molar-refractivity contribution < 1.29 is 9.85 Å². The van der Waals surface area contributed by atoms with Crippen molar-refractivity contribution in [3.8, 4) is 0 Å². The van der Waals surface area contributed by atoms with Crippen molar-refractivity contribution in [2.24, 2.45) is 0 Å². The number of nitro groups is 2. The van der Waals surface area contributed by atoms with Crippen LogP contribution in [-0.4, -0.2) is 9.85 Å². The Bertz CT molecular complexity index is 676. The van der Waals surface area contributed by atoms with Crippen molar-refractivity contribution >= 4 is 27.3 Å². The van der Waals surface area contributed by atoms with Crippen molar-refractivity contribution in [1.29, 1.82) is 0 Å². The van der Waals surface area contributed by atoms with Crippen LogP contribution in [0.1, 0.15) is 16.0 Å². The Balaban J connectivity index is 2.31. The van der Waals surface area contributed by atoms with Crippen LogP contribution >= 0.6 is 15.9 Å². The first-order valence-electron chi connectivity index (χ1n) is 6.09. The van der Waals surface area contributed by atoms with Crippen molar-refractivity contribution in [2.45, 2.75) is 11.2 Å². The number of hydrogen-bond acceptors (Lipinski definition) is 4. The van der Waals surface area contributed by atoms with Crippen molar-refractivity contribution in [3.05, 3.63) is 79.9 Å². The molecule has 0 N–H and O–H groups in total. The van der Waals surface area contributed by atoms with Crippen molar-refractivity contribution in [3.63, 3.8) is 0 Å². The van der Waals surface area contributed by atoms with Gasteiger partial charge in [-0.2, -0.15) is 0 Å². The van der Waals surface area contributed by atoms with Gasteiger partial charge in [0.1, 0.15) is 0 Å². The van der Waals surface area contributed by atoms with E-state index in [0.29, 0.717) is 12.0 Å². The first-order valence-corrected chi connectivity index (χ1v) is 7.01. The van der Waals surface area contributed by atoms with Crippen LogP contribution in [0.5, 0.6) is 0 Å². The van der Waals surface area contributed by atoms with E-state index < -0.39 is 9.85 Å². The molecule has 0 fully saturated rings. The molecule has 2 aromatic rings. The molecule has 0 heterocycles. The third-order valence-electron chi connectivity index (χ3n) is 3.04. The molecule has 0 amide bonds. The molecule has 1 unspecified atom stereocenters. The quantitative estimate of drug-likeness (QED) is 0.459. The third kappa shape index (κ3) is 3.63. The summed E-state index contributed by atoms with van der Waals surface area (Å²) in [7, 11) is 0. The minimum atomic E-state index is -0.639. The summed E-state index contributed by atoms with van der Waals surface area (Å²) in [5.41, 5.74) is 0.933. The molecular formula is C14H11BrN2O4. The van der Waals surface area contributed by atoms with Crippen LogP contribution in [0.3, 0.4) is 0 Å². The standard InChI is InChI=1S/C14H11BrN2O4/c15-13(10-4-2-1-3-5-10)8-11-6-7-12(16(18)19)9-14(11)17(20)21/h1-7,9,13H,8H2. The van der Waals surface area contributed by atoms with Gasteiger partial charge in [-0.1, -0.05) is 46.3 Å². The number of nitro benzene ring substituents is 2. The third-order valence-corrected chi connectivity index (χ3v) is 3.89. The largest absolute Gasteiger partial charge is 0.279 e. The highest BCUT2D eigenvalue weighted by Gasteiger charge is 2.21. The van der Waals surface area contributed by atoms with E-state index in [1.165, 1.54) is 12.1 Å². The van der Waals surface area contributed by atoms with Gasteiger partial charge in [0.25, 0.3) is 11.4 Å². The lowest BCUT2D eigenvalue weighted by molar-refractivity contribution is -0.394. The zero-order chi connectivity index (χ0) is 15.4. The Labute approximate surface area is 128 Å². The fourth-order valence-electron chi connectivity index (χ4n) is 1.98. The van der Waals surface area contributed by atoms with E-state index >= 15 is 0 Å². The van der Waals surface area contributed by atoms with Crippen molar-refractivity contribution in [2.75, 3.05) is 0 Å². The number of nitrogens with zero attached hydrogens (tertiary/aromatic N) is 2. The van der Waals surface area contributed by atoms with E-state index in [4.69, 9.17) is 0 Å². The minimum Gasteiger partial charge on any atom is -0.258 e. The van der Waals surface area contributed by atoms with Gasteiger partial charge < -0.3 is 0 Å². The molecule has 0 saturated carbocycles. The molecule has 0 aliphatic carbocycles. The highest BCUT2D eigenvalue weighted by molar-refractivity contribution is 9.09. The Morgan fingerprint density at radius 1 is 1.00 bits per heavy atom. The van der Waals surface area contributed by atoms with Gasteiger partial charge in [0.2, 0.25) is 0 Å². The van der Waals surface area contributed by atoms with Gasteiger partial charge in [-0.25, -0.2) is 0 Å². The number of benzene rings is 2. The molecule has 0 radical (unpaired) electrons. The molecule has 2 rings (SSSR count). The van der Waals surface area contributed by atoms with E-state index in [-0.39, 0.29) is 16.2 Å². The number of hydrogen-bond donors (Lipinski definition) is 0. The lowest BCUT2D eigenvalue weighted by atomic mass is 10.0. The van der Waals surface area contributed by atoms with Crippen LogP contribution in [0.4, 0.5) is 11.4 Å². The van der Waals surface area contributed by atoms with Crippen LogP contribution in [-0.2, 0) is 6.42 Å². The van der Waals surface area contributed by atoms with Crippen LogP contribution in [0.15, 0.2) is 48.5 Å². The fraction of sp³-hybridized carbons (Fsp3) is 0.143. The van der Waals surface area contributed by atoms with E-state index in [2.05, 4.69) is 15.9 Å². The van der Waals surface area contributed by atoms with Gasteiger partial charge in [0.15, 0.2) is 0 Å². The number of alkyl halides is 1. The predicted molar refractivity (Wildman–Crippen MR) is 81.6 cm³/mol. The first-order chi connectivity index (χ1) is 9.99. The van der Waals surface area contributed by atoms with Crippen LogP contribution in [0, 0.1) is 20.2 Å². The second kappa shape index (κ2) is 6.45. The van der Waals surface area contributed by atoms with E-state index in [1.807, 2.05) is 30.3 Å². The Morgan fingerprint density at radius 3 is 2.24 bits per heavy atom. The van der Waals surface area contributed by atoms with Gasteiger partial charge in [-0.3, -0.25) is 20.2 Å². The summed E-state index contributed by atoms with van der Waals surface area (Å²) in [6.07, 6.45) is 0.373. The molecule has 7 heteroatoms. The van der Waals surface area contributed by atoms with Gasteiger partial charge in [0, 0.05) is 16.5 Å². The topological polar surface area (TPSA) is 86.3 Å². The summed E-state index contributed by atoms with van der Waals surface area (Å²) in [4.78, 5) is 20.5. The molecule has 0 aromatic heterocycles. The lowest BCUT2D eigenvalue weighted by Crippen LogP contribution is -2.01. The highest BCUT2D eigenvalue weighted by Crippen LogP contribution is 2.32. The van der Waals surface area contributed by atoms with Gasteiger partial charge in [-0.15, -0.1) is 0 Å². The molecule has 0 saturated heterocycles. The van der Waals surface area contributed by atoms with Gasteiger partial charge >= 0.3 is 0 Å². The molecule has 6 nitrogen and oxygen atoms in total. The van der Waals surface area contributed by atoms with Crippen LogP contribution < -0.4 is 0 Å². The van der Waals surface area contributed by atoms with Crippen LogP contribution in [0.2, 0.25) is 0 Å². The van der Waals surface area contributed by atoms with Gasteiger partial charge in [-0.05, 0) is 18.1 Å². The Kier molecular flexibility index (Phi) is 4.64. The summed E-state index contributed by atoms with van der Waals surface area (Å²) in [6.45, 7) is 0. The maximum atomic E-state index is 11.1. The molecule has 108 valence electrons. The zero-order valence-corrected chi connectivity index (χ0v) is 12.4. The minimum absolute atomic E-state index is 0.0983. The molecule has 0 spiro atoms. The molecule has 2 aromatic carbocycles. The normalized spacial score (nSPS) is 11.9. The van der Waals surface area contributed by atoms with Crippen LogP contribution in [0.25, 0.3) is 0 Å². The monoisotopic (exact) mass is 350 g/mol. The molecule has 0 aliphatic rings. The fourth-order valence-corrected chi connectivity index (χ4v) is 2.64. The van der Waals surface area contributed by atoms with Gasteiger partial charge in [0.05, 0.1) is 15.9 Å². The molecular weight excluding hydrogens is 340 g/mol. The van der Waals surface area contributed by atoms with E-state index in [9.17, 15) is 20.2 Å². The van der Waals surface area contributed by atoms with E-state index in [0.717, 1.165) is 11.6 Å². The summed E-state index contributed by atoms with van der Waals surface area (Å²) in [5.74, 6) is 0. The molecule has 1 atom stereocenters. The molecule has 21 heavy (non-hydrogen) atoms. The second-order valence-electron chi connectivity index (χ2n) is 4.41. The average molecular weight is 351 g/mol. The smallest absolute Gasteiger partial charge is 0.258 e. The summed E-state index contributed by atoms with van der Waals surface area (Å²) in [5, 5.41) is 21.8. The Morgan fingerprint density at radius 2 is 1.67 bits per heavy atom. The lowest BCUT2D eigenvalue weighted by Gasteiger charge is -2.10. The molecule has 0 bridgehead atoms. The zero-order valence-electron chi connectivity index (χ0n) is 10.8. The summed E-state index contributed by atoms with van der Waals surface area (Å²) >= 11 is 3.50. The first kappa shape index (κ1) is 15.1. The number of rotatable bonds is 5. The second-order valence-corrected chi connectivity index (χ2v) is 5.51. The Hall–Kier alpha value is -2.28. The maximum Gasteiger partial charge on any atom is 0.279 e. The average Bonchev–Trinajstić information content (AvgIpc) is 2.48. The number of halogens is 1. The number of non-ortho nitro benzene ring substituents is 1. The van der Waals surface area contributed by atoms with E-state index in [1.54, 1.807) is 0 Å². The summed E-state index contributed by atoms with van der Waals surface area (Å²) in [6, 6.07) is 13.2.